The van der Waals surface area contributed by atoms with Crippen LogP contribution >= 0.6 is 15.9 Å². The Hall–Kier alpha value is -4.36. The lowest BCUT2D eigenvalue weighted by Gasteiger charge is -2.40. The van der Waals surface area contributed by atoms with Gasteiger partial charge in [-0.15, -0.1) is 0 Å². The second-order valence-corrected chi connectivity index (χ2v) is 16.8. The van der Waals surface area contributed by atoms with E-state index in [1.807, 2.05) is 49.5 Å². The molecule has 1 aromatic heterocycles. The van der Waals surface area contributed by atoms with Crippen molar-refractivity contribution < 1.29 is 22.7 Å². The van der Waals surface area contributed by atoms with Crippen LogP contribution in [0.15, 0.2) is 100 Å². The predicted molar refractivity (Wildman–Crippen MR) is 218 cm³/mol. The van der Waals surface area contributed by atoms with Gasteiger partial charge >= 0.3 is 0 Å². The van der Waals surface area contributed by atoms with Gasteiger partial charge in [0.15, 0.2) is 0 Å². The molecule has 0 spiro atoms. The Balaban J connectivity index is 1.09. The first kappa shape index (κ1) is 37.9. The number of carbonyl (C=O) groups is 1. The van der Waals surface area contributed by atoms with Crippen LogP contribution in [0.1, 0.15) is 60.1 Å². The average Bonchev–Trinajstić information content (AvgIpc) is 3.65. The van der Waals surface area contributed by atoms with E-state index in [0.717, 1.165) is 104 Å². The van der Waals surface area contributed by atoms with Crippen LogP contribution in [0.25, 0.3) is 10.9 Å². The first-order valence-corrected chi connectivity index (χ1v) is 21.1. The van der Waals surface area contributed by atoms with Crippen LogP contribution < -0.4 is 19.7 Å². The number of aromatic amines is 1. The molecule has 0 radical (unpaired) electrons. The van der Waals surface area contributed by atoms with E-state index in [1.165, 1.54) is 11.6 Å². The Morgan fingerprint density at radius 3 is 2.48 bits per heavy atom. The van der Waals surface area contributed by atoms with Crippen molar-refractivity contribution in [3.8, 4) is 11.5 Å². The largest absolute Gasteiger partial charge is 0.456 e. The highest BCUT2D eigenvalue weighted by atomic mass is 79.9. The number of sulfonamides is 1. The minimum Gasteiger partial charge on any atom is -0.456 e. The fourth-order valence-electron chi connectivity index (χ4n) is 7.45. The molecule has 7 rings (SSSR count). The van der Waals surface area contributed by atoms with Gasteiger partial charge in [-0.25, -0.2) is 13.1 Å². The van der Waals surface area contributed by atoms with Crippen molar-refractivity contribution in [3.05, 3.63) is 112 Å². The number of piperazine rings is 1. The molecule has 1 amide bonds. The molecule has 284 valence electrons. The molecule has 2 aliphatic heterocycles. The number of nitrogens with one attached hydrogen (secondary N) is 3. The number of fused-ring (bicyclic) bond motifs is 1. The summed E-state index contributed by atoms with van der Waals surface area (Å²) in [6.45, 7) is 9.78. The fourth-order valence-corrected chi connectivity index (χ4v) is 8.77. The number of rotatable bonds is 13. The van der Waals surface area contributed by atoms with Crippen molar-refractivity contribution in [1.29, 1.82) is 0 Å². The summed E-state index contributed by atoms with van der Waals surface area (Å²) in [7, 11) is -4.19. The van der Waals surface area contributed by atoms with Crippen LogP contribution in [-0.2, 0) is 14.8 Å². The number of anilines is 2. The number of ether oxygens (including phenoxy) is 2. The summed E-state index contributed by atoms with van der Waals surface area (Å²) < 4.78 is 42.5. The molecule has 0 aliphatic carbocycles. The molecule has 54 heavy (non-hydrogen) atoms. The summed E-state index contributed by atoms with van der Waals surface area (Å²) in [5.41, 5.74) is 4.96. The standard InChI is InChI=1S/C42H48BrN5O5S/c1-3-4-40(31-5-7-33(43)8-6-31)48-21-19-47(20-22-48)34-9-12-37(41(27-34)53-35-10-13-39-32(26-35)15-18-44-39)42(49)46-54(50,51)36-11-14-38(29(2)25-36)45-28-30-16-23-52-24-17-30/h5-15,18,25-27,30,40,44-45H,3-4,16-17,19-24,28H2,1-2H3,(H,46,49). The highest BCUT2D eigenvalue weighted by molar-refractivity contribution is 9.10. The summed E-state index contributed by atoms with van der Waals surface area (Å²) in [5.74, 6) is 0.566. The van der Waals surface area contributed by atoms with Gasteiger partial charge in [-0.1, -0.05) is 41.4 Å². The SMILES string of the molecule is CCCC(c1ccc(Br)cc1)N1CCN(c2ccc(C(=O)NS(=O)(=O)c3ccc(NCC4CCOCC4)c(C)c3)c(Oc3ccc4[nH]ccc4c3)c2)CC1. The third kappa shape index (κ3) is 8.94. The Labute approximate surface area is 326 Å². The maximum absolute atomic E-state index is 13.8. The molecule has 1 atom stereocenters. The number of H-pyrrole nitrogens is 1. The summed E-state index contributed by atoms with van der Waals surface area (Å²) in [6.07, 6.45) is 6.03. The molecule has 2 saturated heterocycles. The highest BCUT2D eigenvalue weighted by Crippen LogP contribution is 2.34. The van der Waals surface area contributed by atoms with E-state index < -0.39 is 15.9 Å². The zero-order valence-electron chi connectivity index (χ0n) is 30.8. The minimum atomic E-state index is -4.19. The van der Waals surface area contributed by atoms with Crippen molar-refractivity contribution in [3.63, 3.8) is 0 Å². The number of hydrogen-bond acceptors (Lipinski definition) is 8. The lowest BCUT2D eigenvalue weighted by molar-refractivity contribution is 0.0699. The highest BCUT2D eigenvalue weighted by Gasteiger charge is 2.27. The van der Waals surface area contributed by atoms with Gasteiger partial charge in [0.25, 0.3) is 15.9 Å². The first-order valence-electron chi connectivity index (χ1n) is 18.8. The molecule has 3 N–H and O–H groups in total. The van der Waals surface area contributed by atoms with Gasteiger partial charge in [-0.05, 0) is 110 Å². The quantitative estimate of drug-likeness (QED) is 0.108. The number of aryl methyl sites for hydroxylation is 1. The van der Waals surface area contributed by atoms with Gasteiger partial charge in [0.1, 0.15) is 11.5 Å². The van der Waals surface area contributed by atoms with Gasteiger partial charge in [0.05, 0.1) is 10.5 Å². The molecule has 1 unspecified atom stereocenters. The van der Waals surface area contributed by atoms with E-state index in [9.17, 15) is 13.2 Å². The molecule has 2 aliphatic rings. The van der Waals surface area contributed by atoms with E-state index in [2.05, 4.69) is 71.9 Å². The second-order valence-electron chi connectivity index (χ2n) is 14.2. The van der Waals surface area contributed by atoms with E-state index in [1.54, 1.807) is 18.2 Å². The van der Waals surface area contributed by atoms with Crippen molar-refractivity contribution in [1.82, 2.24) is 14.6 Å². The third-order valence-electron chi connectivity index (χ3n) is 10.6. The van der Waals surface area contributed by atoms with Crippen LogP contribution in [0.5, 0.6) is 11.5 Å². The number of halogens is 1. The second kappa shape index (κ2) is 17.0. The summed E-state index contributed by atoms with van der Waals surface area (Å²) in [4.78, 5) is 21.9. The van der Waals surface area contributed by atoms with Crippen LogP contribution in [0.3, 0.4) is 0 Å². The number of hydrogen-bond donors (Lipinski definition) is 3. The molecule has 4 aromatic carbocycles. The van der Waals surface area contributed by atoms with Crippen LogP contribution in [0, 0.1) is 12.8 Å². The normalized spacial score (nSPS) is 16.3. The summed E-state index contributed by atoms with van der Waals surface area (Å²) in [6, 6.07) is 26.8. The van der Waals surface area contributed by atoms with E-state index >= 15 is 0 Å². The zero-order valence-corrected chi connectivity index (χ0v) is 33.2. The number of amides is 1. The number of nitrogens with zero attached hydrogens (tertiary/aromatic N) is 2. The lowest BCUT2D eigenvalue weighted by Crippen LogP contribution is -2.47. The van der Waals surface area contributed by atoms with E-state index in [0.29, 0.717) is 17.7 Å². The van der Waals surface area contributed by atoms with Gasteiger partial charge in [0, 0.05) is 91.0 Å². The number of benzene rings is 4. The van der Waals surface area contributed by atoms with Crippen molar-refractivity contribution >= 4 is 54.1 Å². The number of aromatic nitrogens is 1. The molecule has 10 nitrogen and oxygen atoms in total. The van der Waals surface area contributed by atoms with E-state index in [-0.39, 0.29) is 16.2 Å². The molecule has 12 heteroatoms. The Bertz CT molecular complexity index is 2180. The summed E-state index contributed by atoms with van der Waals surface area (Å²) in [5, 5.41) is 4.42. The fraction of sp³-hybridized carbons (Fsp3) is 0.357. The maximum atomic E-state index is 13.8. The lowest BCUT2D eigenvalue weighted by atomic mass is 9.99. The molecular weight excluding hydrogens is 766 g/mol. The van der Waals surface area contributed by atoms with Gasteiger partial charge in [-0.3, -0.25) is 9.69 Å². The average molecular weight is 815 g/mol. The molecule has 0 bridgehead atoms. The molecular formula is C42H48BrN5O5S. The molecule has 5 aromatic rings. The Morgan fingerprint density at radius 1 is 0.963 bits per heavy atom. The number of carbonyl (C=O) groups excluding carboxylic acids is 1. The van der Waals surface area contributed by atoms with Crippen molar-refractivity contribution in [2.24, 2.45) is 5.92 Å². The molecule has 3 heterocycles. The van der Waals surface area contributed by atoms with E-state index in [4.69, 9.17) is 9.47 Å². The maximum Gasteiger partial charge on any atom is 0.268 e. The Kier molecular flexibility index (Phi) is 11.9. The predicted octanol–water partition coefficient (Wildman–Crippen LogP) is 8.65. The van der Waals surface area contributed by atoms with Crippen LogP contribution in [-0.4, -0.2) is 70.1 Å². The first-order chi connectivity index (χ1) is 26.2. The molecule has 0 saturated carbocycles. The topological polar surface area (TPSA) is 116 Å². The minimum absolute atomic E-state index is 0.0179. The van der Waals surface area contributed by atoms with Gasteiger partial charge in [0.2, 0.25) is 0 Å². The monoisotopic (exact) mass is 813 g/mol. The van der Waals surface area contributed by atoms with Gasteiger partial charge in [-0.2, -0.15) is 0 Å². The van der Waals surface area contributed by atoms with Gasteiger partial charge < -0.3 is 24.7 Å². The van der Waals surface area contributed by atoms with Crippen LogP contribution in [0.4, 0.5) is 11.4 Å². The summed E-state index contributed by atoms with van der Waals surface area (Å²) >= 11 is 3.57. The van der Waals surface area contributed by atoms with Crippen molar-refractivity contribution in [2.45, 2.75) is 50.5 Å². The van der Waals surface area contributed by atoms with Crippen LogP contribution in [0.2, 0.25) is 0 Å². The zero-order chi connectivity index (χ0) is 37.7. The smallest absolute Gasteiger partial charge is 0.268 e. The van der Waals surface area contributed by atoms with Crippen molar-refractivity contribution in [2.75, 3.05) is 56.2 Å². The molecule has 2 fully saturated rings. The third-order valence-corrected chi connectivity index (χ3v) is 12.4. The Morgan fingerprint density at radius 2 is 1.74 bits per heavy atom.